The van der Waals surface area contributed by atoms with Crippen LogP contribution in [0.15, 0.2) is 133 Å². The van der Waals surface area contributed by atoms with Crippen molar-refractivity contribution in [1.29, 1.82) is 5.26 Å². The van der Waals surface area contributed by atoms with E-state index < -0.39 is 5.97 Å². The topological polar surface area (TPSA) is 110 Å². The van der Waals surface area contributed by atoms with Gasteiger partial charge in [0.05, 0.1) is 41.2 Å². The zero-order chi connectivity index (χ0) is 49.8. The van der Waals surface area contributed by atoms with E-state index in [0.29, 0.717) is 24.3 Å². The first-order valence-electron chi connectivity index (χ1n) is 26.3. The molecule has 0 amide bonds. The van der Waals surface area contributed by atoms with Gasteiger partial charge in [-0.1, -0.05) is 132 Å². The normalized spacial score (nSPS) is 12.3. The lowest BCUT2D eigenvalue weighted by Crippen LogP contribution is -2.01. The Bertz CT molecular complexity index is 3230. The number of unbranched alkanes of at least 4 members (excludes halogenated alkanes) is 10. The van der Waals surface area contributed by atoms with Crippen molar-refractivity contribution in [1.82, 2.24) is 14.5 Å². The van der Waals surface area contributed by atoms with Gasteiger partial charge in [0.15, 0.2) is 0 Å². The van der Waals surface area contributed by atoms with E-state index in [-0.39, 0.29) is 5.57 Å². The van der Waals surface area contributed by atoms with Crippen molar-refractivity contribution < 1.29 is 19.4 Å². The molecule has 1 aliphatic carbocycles. The van der Waals surface area contributed by atoms with Gasteiger partial charge in [-0.3, -0.25) is 0 Å². The van der Waals surface area contributed by atoms with Crippen molar-refractivity contribution in [2.75, 3.05) is 13.2 Å². The number of fused-ring (bicyclic) bond motifs is 4. The molecule has 0 fully saturated rings. The molecule has 0 unspecified atom stereocenters. The summed E-state index contributed by atoms with van der Waals surface area (Å²) in [6.07, 6.45) is 19.0. The number of carboxylic acid groups (broad SMARTS) is 1. The summed E-state index contributed by atoms with van der Waals surface area (Å²) in [5.74, 6) is 0.375. The molecule has 366 valence electrons. The van der Waals surface area contributed by atoms with Gasteiger partial charge in [0.25, 0.3) is 0 Å². The molecule has 9 rings (SSSR count). The average molecular weight is 955 g/mol. The van der Waals surface area contributed by atoms with Gasteiger partial charge in [0.1, 0.15) is 23.1 Å². The van der Waals surface area contributed by atoms with E-state index in [1.807, 2.05) is 54.6 Å². The first kappa shape index (κ1) is 49.5. The quantitative estimate of drug-likeness (QED) is 0.0386. The Morgan fingerprint density at radius 1 is 0.639 bits per heavy atom. The minimum Gasteiger partial charge on any atom is -0.494 e. The second-order valence-electron chi connectivity index (χ2n) is 19.3. The summed E-state index contributed by atoms with van der Waals surface area (Å²) < 4.78 is 14.9. The van der Waals surface area contributed by atoms with E-state index in [1.165, 1.54) is 97.3 Å². The van der Waals surface area contributed by atoms with Crippen LogP contribution in [0.1, 0.15) is 120 Å². The van der Waals surface area contributed by atoms with E-state index in [9.17, 15) is 15.2 Å². The summed E-state index contributed by atoms with van der Waals surface area (Å²) in [7, 11) is 0. The van der Waals surface area contributed by atoms with Crippen molar-refractivity contribution in [3.05, 3.63) is 155 Å². The van der Waals surface area contributed by atoms with Crippen molar-refractivity contribution >= 4 is 34.0 Å². The fraction of sp³-hybridized carbons (Fsp3) is 0.312. The molecule has 72 heavy (non-hydrogen) atoms. The van der Waals surface area contributed by atoms with Crippen LogP contribution in [-0.2, 0) is 17.6 Å². The highest BCUT2D eigenvalue weighted by molar-refractivity contribution is 6.05. The number of aryl methyl sites for hydroxylation is 2. The third-order valence-electron chi connectivity index (χ3n) is 14.1. The molecular weight excluding hydrogens is 889 g/mol. The highest BCUT2D eigenvalue weighted by Gasteiger charge is 2.25. The molecule has 1 aliphatic rings. The second-order valence-corrected chi connectivity index (χ2v) is 19.3. The molecule has 0 aliphatic heterocycles. The number of hydrogen-bond acceptors (Lipinski definition) is 6. The molecule has 0 atom stereocenters. The van der Waals surface area contributed by atoms with E-state index in [0.717, 1.165) is 100 Å². The molecule has 0 saturated carbocycles. The Morgan fingerprint density at radius 2 is 1.18 bits per heavy atom. The number of nitriles is 1. The van der Waals surface area contributed by atoms with E-state index in [1.54, 1.807) is 0 Å². The third-order valence-corrected chi connectivity index (χ3v) is 14.1. The average Bonchev–Trinajstić information content (AvgIpc) is 4.01. The molecule has 6 aromatic carbocycles. The first-order valence-corrected chi connectivity index (χ1v) is 26.3. The number of carboxylic acids is 1. The number of rotatable bonds is 23. The van der Waals surface area contributed by atoms with Gasteiger partial charge in [-0.15, -0.1) is 0 Å². The number of nitrogens with zero attached hydrogens (tertiary/aromatic N) is 4. The van der Waals surface area contributed by atoms with Gasteiger partial charge in [0.2, 0.25) is 0 Å². The largest absolute Gasteiger partial charge is 0.494 e. The van der Waals surface area contributed by atoms with Crippen LogP contribution in [0, 0.1) is 18.3 Å². The fourth-order valence-electron chi connectivity index (χ4n) is 10.2. The highest BCUT2D eigenvalue weighted by Crippen LogP contribution is 2.42. The van der Waals surface area contributed by atoms with Gasteiger partial charge in [-0.05, 0) is 146 Å². The lowest BCUT2D eigenvalue weighted by molar-refractivity contribution is -0.132. The molecule has 1 N–H and O–H groups in total. The fourth-order valence-corrected chi connectivity index (χ4v) is 10.2. The Hall–Kier alpha value is -7.50. The summed E-state index contributed by atoms with van der Waals surface area (Å²) in [5.41, 5.74) is 15.1. The molecule has 0 radical (unpaired) electrons. The van der Waals surface area contributed by atoms with Crippen LogP contribution < -0.4 is 9.47 Å². The van der Waals surface area contributed by atoms with Crippen molar-refractivity contribution in [3.63, 3.8) is 0 Å². The SMILES string of the molecule is CCCCCCCCOc1ccc(-c2nc3c(-c4cccc(/C=C(/C#N)C(=O)O)c4)ccc(-c4ccc5c(c4)c4c(n5-c5ccc(C)cc5)CCC4)c3nc2-c2ccc(OCCCCCCCC)cc2)cc1. The van der Waals surface area contributed by atoms with Crippen molar-refractivity contribution in [2.45, 2.75) is 117 Å². The van der Waals surface area contributed by atoms with Crippen LogP contribution >= 0.6 is 0 Å². The van der Waals surface area contributed by atoms with Crippen LogP contribution in [0.4, 0.5) is 0 Å². The zero-order valence-electron chi connectivity index (χ0n) is 42.2. The maximum absolute atomic E-state index is 11.9. The minimum absolute atomic E-state index is 0.338. The molecule has 0 saturated heterocycles. The summed E-state index contributed by atoms with van der Waals surface area (Å²) in [4.78, 5) is 23.2. The monoisotopic (exact) mass is 955 g/mol. The lowest BCUT2D eigenvalue weighted by atomic mass is 9.94. The van der Waals surface area contributed by atoms with E-state index in [4.69, 9.17) is 19.4 Å². The van der Waals surface area contributed by atoms with Crippen LogP contribution in [0.3, 0.4) is 0 Å². The Morgan fingerprint density at radius 3 is 1.74 bits per heavy atom. The number of ether oxygens (including phenoxy) is 2. The number of aliphatic carboxylic acids is 1. The Kier molecular flexibility index (Phi) is 16.2. The molecule has 8 aromatic rings. The third kappa shape index (κ3) is 11.3. The summed E-state index contributed by atoms with van der Waals surface area (Å²) in [6.45, 7) is 7.97. The number of aromatic nitrogens is 3. The molecule has 8 nitrogen and oxygen atoms in total. The number of carbonyl (C=O) groups is 1. The zero-order valence-corrected chi connectivity index (χ0v) is 42.2. The van der Waals surface area contributed by atoms with Gasteiger partial charge in [-0.2, -0.15) is 5.26 Å². The summed E-state index contributed by atoms with van der Waals surface area (Å²) >= 11 is 0. The van der Waals surface area contributed by atoms with Gasteiger partial charge in [0, 0.05) is 39.0 Å². The van der Waals surface area contributed by atoms with Gasteiger partial charge in [-0.25, -0.2) is 14.8 Å². The molecule has 8 heteroatoms. The summed E-state index contributed by atoms with van der Waals surface area (Å²) in [6, 6.07) is 45.8. The molecule has 2 heterocycles. The second kappa shape index (κ2) is 23.6. The predicted molar refractivity (Wildman–Crippen MR) is 294 cm³/mol. The number of hydrogen-bond donors (Lipinski definition) is 1. The minimum atomic E-state index is -1.27. The maximum Gasteiger partial charge on any atom is 0.346 e. The van der Waals surface area contributed by atoms with Crippen molar-refractivity contribution in [3.8, 4) is 68.0 Å². The molecule has 0 spiro atoms. The van der Waals surface area contributed by atoms with Crippen molar-refractivity contribution in [2.24, 2.45) is 0 Å². The van der Waals surface area contributed by atoms with E-state index in [2.05, 4.69) is 104 Å². The number of benzene rings is 6. The molecule has 0 bridgehead atoms. The molecular formula is C64H66N4O4. The van der Waals surface area contributed by atoms with Gasteiger partial charge < -0.3 is 19.1 Å². The molecule has 2 aromatic heterocycles. The van der Waals surface area contributed by atoms with Crippen LogP contribution in [0.5, 0.6) is 11.5 Å². The van der Waals surface area contributed by atoms with Crippen LogP contribution in [-0.4, -0.2) is 38.8 Å². The maximum atomic E-state index is 11.9. The van der Waals surface area contributed by atoms with Gasteiger partial charge >= 0.3 is 5.97 Å². The first-order chi connectivity index (χ1) is 35.3. The highest BCUT2D eigenvalue weighted by atomic mass is 16.5. The Balaban J connectivity index is 1.18. The van der Waals surface area contributed by atoms with Crippen LogP contribution in [0.25, 0.3) is 78.5 Å². The van der Waals surface area contributed by atoms with E-state index >= 15 is 0 Å². The summed E-state index contributed by atoms with van der Waals surface area (Å²) in [5, 5.41) is 20.6. The lowest BCUT2D eigenvalue weighted by Gasteiger charge is -2.17. The smallest absolute Gasteiger partial charge is 0.346 e. The predicted octanol–water partition coefficient (Wildman–Crippen LogP) is 16.5. The standard InChI is InChI=1S/C64H66N4O4/c1-4-6-8-10-12-14-38-71-52-31-24-46(25-32-52)60-61(47-26-33-53(34-27-47)72-39-15-13-11-9-7-5-2)67-63-55(36-35-54(62(63)66-60)48-19-16-18-45(40-48)41-50(43-65)64(69)70)49-28-37-59-57(42-49)56-20-17-21-58(56)68(59)51-29-22-44(3)23-30-51/h16,18-19,22-37,40-42H,4-15,17,20-21,38-39H2,1-3H3,(H,69,70)/b50-41-. The Labute approximate surface area is 425 Å². The van der Waals surface area contributed by atoms with Crippen LogP contribution in [0.2, 0.25) is 0 Å².